The van der Waals surface area contributed by atoms with Crippen LogP contribution in [0.5, 0.6) is 0 Å². The third-order valence-electron chi connectivity index (χ3n) is 2.92. The summed E-state index contributed by atoms with van der Waals surface area (Å²) in [5.74, 6) is 0.757. The van der Waals surface area contributed by atoms with Crippen LogP contribution in [0.2, 0.25) is 0 Å². The summed E-state index contributed by atoms with van der Waals surface area (Å²) in [7, 11) is 0. The lowest BCUT2D eigenvalue weighted by Crippen LogP contribution is -2.14. The first-order valence-electron chi connectivity index (χ1n) is 5.16. The van der Waals surface area contributed by atoms with Crippen LogP contribution in [0.3, 0.4) is 0 Å². The topological polar surface area (TPSA) is 26.0 Å². The van der Waals surface area contributed by atoms with E-state index >= 15 is 0 Å². The van der Waals surface area contributed by atoms with Crippen molar-refractivity contribution in [2.45, 2.75) is 32.2 Å². The fraction of sp³-hybridized carbons (Fsp3) is 0.500. The highest BCUT2D eigenvalue weighted by Crippen LogP contribution is 2.40. The third kappa shape index (κ3) is 1.75. The number of nitrogens with two attached hydrogens (primary N) is 1. The second-order valence-electron chi connectivity index (χ2n) is 3.92. The third-order valence-corrected chi connectivity index (χ3v) is 2.92. The molecule has 1 aromatic carbocycles. The van der Waals surface area contributed by atoms with E-state index in [1.54, 1.807) is 0 Å². The molecule has 0 saturated heterocycles. The highest BCUT2D eigenvalue weighted by atomic mass is 14.7. The maximum Gasteiger partial charge on any atom is 0.0326 e. The van der Waals surface area contributed by atoms with Crippen molar-refractivity contribution in [3.63, 3.8) is 0 Å². The molecule has 1 nitrogen and oxygen atoms in total. The maximum absolute atomic E-state index is 6.18. The zero-order valence-electron chi connectivity index (χ0n) is 8.16. The van der Waals surface area contributed by atoms with Crippen molar-refractivity contribution in [3.05, 3.63) is 35.4 Å². The Hall–Kier alpha value is -0.820. The van der Waals surface area contributed by atoms with E-state index in [4.69, 9.17) is 5.73 Å². The van der Waals surface area contributed by atoms with Gasteiger partial charge in [0.05, 0.1) is 0 Å². The molecule has 0 aromatic heterocycles. The molecule has 1 aliphatic carbocycles. The van der Waals surface area contributed by atoms with Crippen molar-refractivity contribution in [2.24, 2.45) is 11.7 Å². The zero-order chi connectivity index (χ0) is 9.26. The number of benzene rings is 1. The summed E-state index contributed by atoms with van der Waals surface area (Å²) in [5.41, 5.74) is 8.96. The standard InChI is InChI=1S/C12H17N/c1-2-9-5-3-4-6-11(9)12(13)10-7-8-10/h3-6,10,12H,2,7-8,13H2,1H3. The van der Waals surface area contributed by atoms with Crippen LogP contribution in [0.4, 0.5) is 0 Å². The van der Waals surface area contributed by atoms with Crippen molar-refractivity contribution in [1.82, 2.24) is 0 Å². The Morgan fingerprint density at radius 3 is 2.69 bits per heavy atom. The van der Waals surface area contributed by atoms with Crippen LogP contribution in [0.1, 0.15) is 36.9 Å². The van der Waals surface area contributed by atoms with E-state index < -0.39 is 0 Å². The molecule has 1 aliphatic rings. The van der Waals surface area contributed by atoms with Gasteiger partial charge in [0, 0.05) is 6.04 Å². The summed E-state index contributed by atoms with van der Waals surface area (Å²) in [6.45, 7) is 2.19. The van der Waals surface area contributed by atoms with Crippen molar-refractivity contribution in [3.8, 4) is 0 Å². The average molecular weight is 175 g/mol. The van der Waals surface area contributed by atoms with Gasteiger partial charge in [-0.25, -0.2) is 0 Å². The first-order chi connectivity index (χ1) is 6.33. The van der Waals surface area contributed by atoms with E-state index in [-0.39, 0.29) is 6.04 Å². The van der Waals surface area contributed by atoms with Crippen LogP contribution < -0.4 is 5.73 Å². The van der Waals surface area contributed by atoms with Gasteiger partial charge >= 0.3 is 0 Å². The molecule has 1 aromatic rings. The van der Waals surface area contributed by atoms with E-state index in [0.29, 0.717) is 0 Å². The molecule has 0 heterocycles. The minimum atomic E-state index is 0.288. The lowest BCUT2D eigenvalue weighted by Gasteiger charge is -2.14. The maximum atomic E-state index is 6.18. The predicted molar refractivity (Wildman–Crippen MR) is 55.5 cm³/mol. The summed E-state index contributed by atoms with van der Waals surface area (Å²) in [6, 6.07) is 8.86. The minimum absolute atomic E-state index is 0.288. The first-order valence-corrected chi connectivity index (χ1v) is 5.16. The molecule has 0 spiro atoms. The largest absolute Gasteiger partial charge is 0.324 e. The van der Waals surface area contributed by atoms with Crippen LogP contribution in [-0.2, 0) is 6.42 Å². The molecule has 70 valence electrons. The second kappa shape index (κ2) is 3.51. The van der Waals surface area contributed by atoms with Gasteiger partial charge in [0.25, 0.3) is 0 Å². The van der Waals surface area contributed by atoms with Gasteiger partial charge in [-0.3, -0.25) is 0 Å². The summed E-state index contributed by atoms with van der Waals surface area (Å²) < 4.78 is 0. The van der Waals surface area contributed by atoms with E-state index in [1.165, 1.54) is 24.0 Å². The highest BCUT2D eigenvalue weighted by Gasteiger charge is 2.30. The van der Waals surface area contributed by atoms with Crippen LogP contribution >= 0.6 is 0 Å². The van der Waals surface area contributed by atoms with Crippen molar-refractivity contribution >= 4 is 0 Å². The van der Waals surface area contributed by atoms with Crippen LogP contribution in [0, 0.1) is 5.92 Å². The quantitative estimate of drug-likeness (QED) is 0.751. The molecular formula is C12H17N. The molecule has 1 fully saturated rings. The Bertz CT molecular complexity index is 289. The summed E-state index contributed by atoms with van der Waals surface area (Å²) in [5, 5.41) is 0. The highest BCUT2D eigenvalue weighted by molar-refractivity contribution is 5.30. The Balaban J connectivity index is 2.26. The molecule has 1 saturated carbocycles. The second-order valence-corrected chi connectivity index (χ2v) is 3.92. The molecule has 2 N–H and O–H groups in total. The lowest BCUT2D eigenvalue weighted by atomic mass is 9.96. The summed E-state index contributed by atoms with van der Waals surface area (Å²) in [6.07, 6.45) is 3.73. The molecule has 2 rings (SSSR count). The van der Waals surface area contributed by atoms with Crippen LogP contribution in [0.25, 0.3) is 0 Å². The van der Waals surface area contributed by atoms with E-state index in [9.17, 15) is 0 Å². The van der Waals surface area contributed by atoms with E-state index in [2.05, 4.69) is 31.2 Å². The molecule has 1 atom stereocenters. The van der Waals surface area contributed by atoms with E-state index in [1.807, 2.05) is 0 Å². The monoisotopic (exact) mass is 175 g/mol. The van der Waals surface area contributed by atoms with Gasteiger partial charge in [-0.05, 0) is 36.3 Å². The molecule has 0 radical (unpaired) electrons. The summed E-state index contributed by atoms with van der Waals surface area (Å²) in [4.78, 5) is 0. The zero-order valence-corrected chi connectivity index (χ0v) is 8.16. The number of rotatable bonds is 3. The van der Waals surface area contributed by atoms with Gasteiger partial charge < -0.3 is 5.73 Å². The van der Waals surface area contributed by atoms with Crippen molar-refractivity contribution < 1.29 is 0 Å². The normalized spacial score (nSPS) is 18.6. The Labute approximate surface area is 80.0 Å². The molecule has 1 unspecified atom stereocenters. The first kappa shape index (κ1) is 8.76. The van der Waals surface area contributed by atoms with Gasteiger partial charge in [0.1, 0.15) is 0 Å². The lowest BCUT2D eigenvalue weighted by molar-refractivity contribution is 0.627. The number of aryl methyl sites for hydroxylation is 1. The average Bonchev–Trinajstić information content (AvgIpc) is 3.00. The Morgan fingerprint density at radius 2 is 2.08 bits per heavy atom. The fourth-order valence-corrected chi connectivity index (χ4v) is 1.89. The molecule has 13 heavy (non-hydrogen) atoms. The van der Waals surface area contributed by atoms with Crippen molar-refractivity contribution in [1.29, 1.82) is 0 Å². The van der Waals surface area contributed by atoms with Gasteiger partial charge in [0.2, 0.25) is 0 Å². The molecule has 0 amide bonds. The van der Waals surface area contributed by atoms with Gasteiger partial charge in [-0.15, -0.1) is 0 Å². The van der Waals surface area contributed by atoms with Gasteiger partial charge in [0.15, 0.2) is 0 Å². The number of hydrogen-bond acceptors (Lipinski definition) is 1. The molecular weight excluding hydrogens is 158 g/mol. The smallest absolute Gasteiger partial charge is 0.0326 e. The molecule has 1 heteroatoms. The van der Waals surface area contributed by atoms with E-state index in [0.717, 1.165) is 12.3 Å². The Kier molecular flexibility index (Phi) is 2.36. The minimum Gasteiger partial charge on any atom is -0.324 e. The Morgan fingerprint density at radius 1 is 1.38 bits per heavy atom. The molecule has 0 bridgehead atoms. The SMILES string of the molecule is CCc1ccccc1C(N)C1CC1. The summed E-state index contributed by atoms with van der Waals surface area (Å²) >= 11 is 0. The van der Waals surface area contributed by atoms with Crippen LogP contribution in [0.15, 0.2) is 24.3 Å². The number of hydrogen-bond donors (Lipinski definition) is 1. The molecule has 0 aliphatic heterocycles. The fourth-order valence-electron chi connectivity index (χ4n) is 1.89. The van der Waals surface area contributed by atoms with Gasteiger partial charge in [-0.2, -0.15) is 0 Å². The van der Waals surface area contributed by atoms with Crippen LogP contribution in [-0.4, -0.2) is 0 Å². The van der Waals surface area contributed by atoms with Crippen molar-refractivity contribution in [2.75, 3.05) is 0 Å². The predicted octanol–water partition coefficient (Wildman–Crippen LogP) is 2.66. The van der Waals surface area contributed by atoms with Gasteiger partial charge in [-0.1, -0.05) is 31.2 Å².